The standard InChI is InChI=1S/C28H19F5N2O4/c29-21-22(30)24(32)26(25(33)23(21)31)39-27(36)20(13-35-11-5-6-12-35)34-28(37)38-14-19-17-9-3-1-7-15(17)16-8-2-4-10-18(16)19/h1-12,19-20H,13-14H2,(H,34,37). The van der Waals surface area contributed by atoms with Crippen molar-refractivity contribution in [3.8, 4) is 16.9 Å². The fraction of sp³-hybridized carbons (Fsp3) is 0.143. The first kappa shape index (κ1) is 26.0. The third-order valence-electron chi connectivity index (χ3n) is 6.35. The fourth-order valence-corrected chi connectivity index (χ4v) is 4.51. The summed E-state index contributed by atoms with van der Waals surface area (Å²) in [6, 6.07) is 16.9. The lowest BCUT2D eigenvalue weighted by atomic mass is 9.98. The molecule has 1 atom stereocenters. The van der Waals surface area contributed by atoms with Crippen LogP contribution in [0.2, 0.25) is 0 Å². The average Bonchev–Trinajstić information content (AvgIpc) is 3.57. The number of fused-ring (bicyclic) bond motifs is 3. The molecule has 0 aliphatic heterocycles. The summed E-state index contributed by atoms with van der Waals surface area (Å²) in [6.07, 6.45) is 2.00. The van der Waals surface area contributed by atoms with E-state index in [4.69, 9.17) is 4.74 Å². The largest absolute Gasteiger partial charge is 0.449 e. The third kappa shape index (κ3) is 4.95. The van der Waals surface area contributed by atoms with Gasteiger partial charge in [0, 0.05) is 18.3 Å². The van der Waals surface area contributed by atoms with Crippen molar-refractivity contribution in [3.05, 3.63) is 113 Å². The van der Waals surface area contributed by atoms with Crippen LogP contribution in [0.4, 0.5) is 26.7 Å². The molecule has 3 aromatic carbocycles. The molecular formula is C28H19F5N2O4. The van der Waals surface area contributed by atoms with Gasteiger partial charge in [-0.15, -0.1) is 0 Å². The minimum Gasteiger partial charge on any atom is -0.449 e. The van der Waals surface area contributed by atoms with Gasteiger partial charge in [0.1, 0.15) is 12.6 Å². The van der Waals surface area contributed by atoms with E-state index in [-0.39, 0.29) is 19.1 Å². The SMILES string of the molecule is O=C(NC(Cn1cccc1)C(=O)Oc1c(F)c(F)c(F)c(F)c1F)OCC1c2ccccc2-c2ccccc21. The summed E-state index contributed by atoms with van der Waals surface area (Å²) in [5.74, 6) is -15.1. The lowest BCUT2D eigenvalue weighted by Gasteiger charge is -2.20. The highest BCUT2D eigenvalue weighted by Crippen LogP contribution is 2.44. The lowest BCUT2D eigenvalue weighted by molar-refractivity contribution is -0.137. The summed E-state index contributed by atoms with van der Waals surface area (Å²) in [5, 5.41) is 2.26. The molecule has 0 spiro atoms. The molecule has 0 bridgehead atoms. The van der Waals surface area contributed by atoms with Crippen LogP contribution >= 0.6 is 0 Å². The quantitative estimate of drug-likeness (QED) is 0.107. The Hall–Kier alpha value is -4.67. The van der Waals surface area contributed by atoms with Gasteiger partial charge in [0.15, 0.2) is 0 Å². The number of nitrogens with zero attached hydrogens (tertiary/aromatic N) is 1. The van der Waals surface area contributed by atoms with Gasteiger partial charge in [-0.2, -0.15) is 8.78 Å². The van der Waals surface area contributed by atoms with E-state index in [1.807, 2.05) is 48.5 Å². The molecule has 1 heterocycles. The van der Waals surface area contributed by atoms with Crippen LogP contribution in [-0.4, -0.2) is 29.3 Å². The Kier molecular flexibility index (Phi) is 7.05. The summed E-state index contributed by atoms with van der Waals surface area (Å²) in [7, 11) is 0. The van der Waals surface area contributed by atoms with Crippen molar-refractivity contribution < 1.29 is 41.0 Å². The van der Waals surface area contributed by atoms with E-state index in [1.165, 1.54) is 17.0 Å². The zero-order chi connectivity index (χ0) is 27.7. The Morgan fingerprint density at radius 3 is 1.85 bits per heavy atom. The predicted octanol–water partition coefficient (Wildman–Crippen LogP) is 5.70. The maximum atomic E-state index is 14.1. The Bertz CT molecular complexity index is 1480. The van der Waals surface area contributed by atoms with Crippen LogP contribution in [0.1, 0.15) is 17.0 Å². The Morgan fingerprint density at radius 1 is 0.769 bits per heavy atom. The molecule has 1 aliphatic carbocycles. The van der Waals surface area contributed by atoms with Gasteiger partial charge >= 0.3 is 12.1 Å². The van der Waals surface area contributed by atoms with Gasteiger partial charge in [-0.1, -0.05) is 48.5 Å². The number of rotatable bonds is 7. The van der Waals surface area contributed by atoms with Crippen LogP contribution < -0.4 is 10.1 Å². The lowest BCUT2D eigenvalue weighted by Crippen LogP contribution is -2.46. The van der Waals surface area contributed by atoms with E-state index < -0.39 is 52.9 Å². The molecule has 1 amide bonds. The van der Waals surface area contributed by atoms with Crippen LogP contribution in [0.15, 0.2) is 73.1 Å². The smallest absolute Gasteiger partial charge is 0.407 e. The molecule has 1 N–H and O–H groups in total. The Morgan fingerprint density at radius 2 is 1.28 bits per heavy atom. The van der Waals surface area contributed by atoms with E-state index in [9.17, 15) is 31.5 Å². The topological polar surface area (TPSA) is 69.6 Å². The van der Waals surface area contributed by atoms with Gasteiger partial charge in [-0.25, -0.2) is 22.8 Å². The molecule has 1 unspecified atom stereocenters. The summed E-state index contributed by atoms with van der Waals surface area (Å²) in [6.45, 7) is -0.381. The summed E-state index contributed by atoms with van der Waals surface area (Å²) < 4.78 is 80.1. The van der Waals surface area contributed by atoms with Gasteiger partial charge in [0.05, 0.1) is 6.54 Å². The fourth-order valence-electron chi connectivity index (χ4n) is 4.51. The molecule has 39 heavy (non-hydrogen) atoms. The molecule has 0 fully saturated rings. The van der Waals surface area contributed by atoms with Crippen molar-refractivity contribution in [1.82, 2.24) is 9.88 Å². The maximum absolute atomic E-state index is 14.1. The molecule has 5 rings (SSSR count). The van der Waals surface area contributed by atoms with Crippen molar-refractivity contribution in [2.75, 3.05) is 6.61 Å². The van der Waals surface area contributed by atoms with Crippen molar-refractivity contribution in [2.45, 2.75) is 18.5 Å². The number of benzene rings is 3. The van der Waals surface area contributed by atoms with Crippen LogP contribution in [0.25, 0.3) is 11.1 Å². The van der Waals surface area contributed by atoms with Gasteiger partial charge in [0.25, 0.3) is 0 Å². The maximum Gasteiger partial charge on any atom is 0.407 e. The first-order chi connectivity index (χ1) is 18.8. The van der Waals surface area contributed by atoms with E-state index in [2.05, 4.69) is 10.1 Å². The molecule has 11 heteroatoms. The van der Waals surface area contributed by atoms with Crippen molar-refractivity contribution in [3.63, 3.8) is 0 Å². The first-order valence-corrected chi connectivity index (χ1v) is 11.7. The number of ether oxygens (including phenoxy) is 2. The molecule has 6 nitrogen and oxygen atoms in total. The average molecular weight is 542 g/mol. The van der Waals surface area contributed by atoms with Crippen molar-refractivity contribution in [2.24, 2.45) is 0 Å². The summed E-state index contributed by atoms with van der Waals surface area (Å²) >= 11 is 0. The van der Waals surface area contributed by atoms with Crippen molar-refractivity contribution >= 4 is 12.1 Å². The highest BCUT2D eigenvalue weighted by Gasteiger charge is 2.33. The summed E-state index contributed by atoms with van der Waals surface area (Å²) in [4.78, 5) is 25.5. The van der Waals surface area contributed by atoms with Gasteiger partial charge in [-0.3, -0.25) is 0 Å². The minimum absolute atomic E-state index is 0.0945. The zero-order valence-corrected chi connectivity index (χ0v) is 20.0. The number of esters is 1. The number of alkyl carbamates (subject to hydrolysis) is 1. The van der Waals surface area contributed by atoms with Gasteiger partial charge in [-0.05, 0) is 34.4 Å². The van der Waals surface area contributed by atoms with Crippen LogP contribution in [-0.2, 0) is 16.1 Å². The molecule has 0 saturated carbocycles. The second-order valence-corrected chi connectivity index (χ2v) is 8.72. The predicted molar refractivity (Wildman–Crippen MR) is 128 cm³/mol. The second kappa shape index (κ2) is 10.6. The van der Waals surface area contributed by atoms with Crippen LogP contribution in [0.5, 0.6) is 5.75 Å². The highest BCUT2D eigenvalue weighted by atomic mass is 19.2. The molecule has 200 valence electrons. The summed E-state index contributed by atoms with van der Waals surface area (Å²) in [5.41, 5.74) is 3.89. The number of hydrogen-bond acceptors (Lipinski definition) is 4. The molecule has 4 aromatic rings. The molecule has 0 saturated heterocycles. The first-order valence-electron chi connectivity index (χ1n) is 11.7. The van der Waals surface area contributed by atoms with E-state index >= 15 is 0 Å². The van der Waals surface area contributed by atoms with Gasteiger partial charge in [0.2, 0.25) is 34.8 Å². The van der Waals surface area contributed by atoms with Gasteiger partial charge < -0.3 is 19.4 Å². The molecular weight excluding hydrogens is 523 g/mol. The number of halogens is 5. The van der Waals surface area contributed by atoms with Crippen LogP contribution in [0, 0.1) is 29.1 Å². The number of aromatic nitrogens is 1. The monoisotopic (exact) mass is 542 g/mol. The number of carbonyl (C=O) groups excluding carboxylic acids is 2. The number of hydrogen-bond donors (Lipinski definition) is 1. The number of carbonyl (C=O) groups is 2. The van der Waals surface area contributed by atoms with E-state index in [1.54, 1.807) is 12.1 Å². The number of nitrogens with one attached hydrogen (secondary N) is 1. The zero-order valence-electron chi connectivity index (χ0n) is 20.0. The second-order valence-electron chi connectivity index (χ2n) is 8.72. The van der Waals surface area contributed by atoms with E-state index in [0.717, 1.165) is 22.3 Å². The van der Waals surface area contributed by atoms with E-state index in [0.29, 0.717) is 0 Å². The highest BCUT2D eigenvalue weighted by molar-refractivity contribution is 5.83. The Balaban J connectivity index is 1.33. The molecule has 0 radical (unpaired) electrons. The van der Waals surface area contributed by atoms with Crippen LogP contribution in [0.3, 0.4) is 0 Å². The van der Waals surface area contributed by atoms with Crippen molar-refractivity contribution in [1.29, 1.82) is 0 Å². The third-order valence-corrected chi connectivity index (χ3v) is 6.35. The minimum atomic E-state index is -2.40. The Labute approximate surface area is 218 Å². The molecule has 1 aliphatic rings. The normalized spacial score (nSPS) is 12.9. The molecule has 1 aromatic heterocycles. The number of amides is 1.